The second-order valence-electron chi connectivity index (χ2n) is 5.01. The number of nitrogens with zero attached hydrogens (tertiary/aromatic N) is 2. The van der Waals surface area contributed by atoms with Crippen LogP contribution in [-0.2, 0) is 4.79 Å². The van der Waals surface area contributed by atoms with E-state index in [9.17, 15) is 9.18 Å². The summed E-state index contributed by atoms with van der Waals surface area (Å²) in [5, 5.41) is 14.6. The highest BCUT2D eigenvalue weighted by Crippen LogP contribution is 2.15. The number of hydrogen-bond donors (Lipinski definition) is 2. The number of likely N-dealkylation sites (tertiary alicyclic amines) is 1. The molecule has 1 fully saturated rings. The number of anilines is 1. The van der Waals surface area contributed by atoms with Gasteiger partial charge in [-0.05, 0) is 12.1 Å². The van der Waals surface area contributed by atoms with Crippen LogP contribution in [0.5, 0.6) is 0 Å². The quantitative estimate of drug-likeness (QED) is 0.656. The van der Waals surface area contributed by atoms with Gasteiger partial charge in [-0.1, -0.05) is 24.2 Å². The van der Waals surface area contributed by atoms with E-state index in [1.807, 2.05) is 11.8 Å². The van der Waals surface area contributed by atoms with Crippen LogP contribution < -0.4 is 5.32 Å². The zero-order valence-corrected chi connectivity index (χ0v) is 11.3. The van der Waals surface area contributed by atoms with E-state index in [4.69, 9.17) is 5.21 Å². The van der Waals surface area contributed by atoms with Crippen LogP contribution in [0.2, 0.25) is 0 Å². The molecule has 1 saturated heterocycles. The number of benzene rings is 1. The van der Waals surface area contributed by atoms with Crippen LogP contribution >= 0.6 is 0 Å². The number of para-hydroxylation sites is 1. The van der Waals surface area contributed by atoms with Crippen LogP contribution in [0.4, 0.5) is 10.1 Å². The molecule has 20 heavy (non-hydrogen) atoms. The molecule has 1 heterocycles. The number of halogens is 1. The Labute approximate surface area is 117 Å². The molecular weight excluding hydrogens is 261 g/mol. The van der Waals surface area contributed by atoms with Crippen molar-refractivity contribution in [2.45, 2.75) is 13.3 Å². The second kappa shape index (κ2) is 6.47. The number of carbonyl (C=O) groups is 1. The number of nitrogens with one attached hydrogen (secondary N) is 1. The monoisotopic (exact) mass is 279 g/mol. The second-order valence-corrected chi connectivity index (χ2v) is 5.01. The van der Waals surface area contributed by atoms with E-state index in [1.165, 1.54) is 12.1 Å². The van der Waals surface area contributed by atoms with Crippen LogP contribution in [0.15, 0.2) is 29.4 Å². The zero-order chi connectivity index (χ0) is 14.5. The largest absolute Gasteiger partial charge is 0.411 e. The van der Waals surface area contributed by atoms with Crippen molar-refractivity contribution in [2.75, 3.05) is 25.0 Å². The summed E-state index contributed by atoms with van der Waals surface area (Å²) in [7, 11) is 0. The molecule has 1 amide bonds. The fourth-order valence-electron chi connectivity index (χ4n) is 2.35. The van der Waals surface area contributed by atoms with Gasteiger partial charge in [-0.25, -0.2) is 4.39 Å². The lowest BCUT2D eigenvalue weighted by Gasteiger charge is -2.30. The standard InChI is InChI=1S/C14H18FN3O2/c1-10-8-18(7-6-12(10)17-20)9-14(19)16-13-5-3-2-4-11(13)15/h2-5,10,20H,6-9H2,1H3,(H,16,19)/b17-12+. The highest BCUT2D eigenvalue weighted by atomic mass is 19.1. The number of hydrogen-bond acceptors (Lipinski definition) is 4. The summed E-state index contributed by atoms with van der Waals surface area (Å²) in [6.45, 7) is 3.48. The molecule has 108 valence electrons. The first kappa shape index (κ1) is 14.5. The fraction of sp³-hybridized carbons (Fsp3) is 0.429. The first-order valence-corrected chi connectivity index (χ1v) is 6.57. The Balaban J connectivity index is 1.88. The molecule has 1 aliphatic rings. The van der Waals surface area contributed by atoms with Gasteiger partial charge in [0.05, 0.1) is 17.9 Å². The van der Waals surface area contributed by atoms with Gasteiger partial charge in [-0.15, -0.1) is 0 Å². The van der Waals surface area contributed by atoms with Gasteiger partial charge in [-0.3, -0.25) is 9.69 Å². The molecule has 0 spiro atoms. The maximum absolute atomic E-state index is 13.4. The first-order chi connectivity index (χ1) is 9.60. The van der Waals surface area contributed by atoms with Crippen molar-refractivity contribution >= 4 is 17.3 Å². The van der Waals surface area contributed by atoms with Crippen molar-refractivity contribution in [2.24, 2.45) is 11.1 Å². The maximum Gasteiger partial charge on any atom is 0.238 e. The number of oxime groups is 1. The molecule has 2 N–H and O–H groups in total. The van der Waals surface area contributed by atoms with Crippen LogP contribution in [0, 0.1) is 11.7 Å². The van der Waals surface area contributed by atoms with Gasteiger partial charge in [0, 0.05) is 25.4 Å². The molecule has 6 heteroatoms. The van der Waals surface area contributed by atoms with Gasteiger partial charge < -0.3 is 10.5 Å². The molecule has 5 nitrogen and oxygen atoms in total. The summed E-state index contributed by atoms with van der Waals surface area (Å²) in [5.41, 5.74) is 0.955. The van der Waals surface area contributed by atoms with Crippen molar-refractivity contribution in [3.8, 4) is 0 Å². The first-order valence-electron chi connectivity index (χ1n) is 6.57. The van der Waals surface area contributed by atoms with Gasteiger partial charge in [0.25, 0.3) is 0 Å². The van der Waals surface area contributed by atoms with Crippen molar-refractivity contribution in [1.82, 2.24) is 4.90 Å². The number of carbonyl (C=O) groups excluding carboxylic acids is 1. The van der Waals surface area contributed by atoms with Gasteiger partial charge in [-0.2, -0.15) is 0 Å². The van der Waals surface area contributed by atoms with Crippen LogP contribution in [0.1, 0.15) is 13.3 Å². The van der Waals surface area contributed by atoms with Crippen LogP contribution in [0.25, 0.3) is 0 Å². The van der Waals surface area contributed by atoms with Crippen molar-refractivity contribution < 1.29 is 14.4 Å². The van der Waals surface area contributed by atoms with E-state index < -0.39 is 5.82 Å². The van der Waals surface area contributed by atoms with Crippen molar-refractivity contribution in [1.29, 1.82) is 0 Å². The lowest BCUT2D eigenvalue weighted by atomic mass is 9.98. The summed E-state index contributed by atoms with van der Waals surface area (Å²) >= 11 is 0. The van der Waals surface area contributed by atoms with Gasteiger partial charge in [0.2, 0.25) is 5.91 Å². The Kier molecular flexibility index (Phi) is 4.68. The maximum atomic E-state index is 13.4. The van der Waals surface area contributed by atoms with Gasteiger partial charge >= 0.3 is 0 Å². The Morgan fingerprint density at radius 1 is 1.55 bits per heavy atom. The van der Waals surface area contributed by atoms with Gasteiger partial charge in [0.1, 0.15) is 5.82 Å². The lowest BCUT2D eigenvalue weighted by molar-refractivity contribution is -0.117. The summed E-state index contributed by atoms with van der Waals surface area (Å²) in [5.74, 6) is -0.565. The normalized spacial score (nSPS) is 21.9. The van der Waals surface area contributed by atoms with E-state index in [0.29, 0.717) is 19.5 Å². The van der Waals surface area contributed by atoms with Crippen LogP contribution in [0.3, 0.4) is 0 Å². The highest BCUT2D eigenvalue weighted by Gasteiger charge is 2.24. The smallest absolute Gasteiger partial charge is 0.238 e. The average molecular weight is 279 g/mol. The molecular formula is C14H18FN3O2. The number of amides is 1. The summed E-state index contributed by atoms with van der Waals surface area (Å²) < 4.78 is 13.4. The Hall–Kier alpha value is -1.95. The third-order valence-electron chi connectivity index (χ3n) is 3.43. The zero-order valence-electron chi connectivity index (χ0n) is 11.3. The molecule has 1 atom stereocenters. The minimum absolute atomic E-state index is 0.120. The summed E-state index contributed by atoms with van der Waals surface area (Å²) in [6.07, 6.45) is 0.643. The van der Waals surface area contributed by atoms with E-state index in [0.717, 1.165) is 5.71 Å². The summed E-state index contributed by atoms with van der Waals surface area (Å²) in [4.78, 5) is 13.9. The average Bonchev–Trinajstić information content (AvgIpc) is 2.41. The third kappa shape index (κ3) is 3.54. The molecule has 2 rings (SSSR count). The molecule has 0 aliphatic carbocycles. The Bertz CT molecular complexity index is 519. The minimum Gasteiger partial charge on any atom is -0.411 e. The Morgan fingerprint density at radius 3 is 2.95 bits per heavy atom. The summed E-state index contributed by atoms with van der Waals surface area (Å²) in [6, 6.07) is 6.09. The predicted octanol–water partition coefficient (Wildman–Crippen LogP) is 1.94. The van der Waals surface area contributed by atoms with Crippen molar-refractivity contribution in [3.63, 3.8) is 0 Å². The van der Waals surface area contributed by atoms with Gasteiger partial charge in [0.15, 0.2) is 0 Å². The molecule has 1 unspecified atom stereocenters. The highest BCUT2D eigenvalue weighted by molar-refractivity contribution is 5.92. The van der Waals surface area contributed by atoms with E-state index in [-0.39, 0.29) is 24.1 Å². The topological polar surface area (TPSA) is 64.9 Å². The molecule has 0 aromatic heterocycles. The molecule has 1 aromatic rings. The SMILES string of the molecule is CC1CN(CC(=O)Nc2ccccc2F)CC/C1=N\O. The molecule has 0 radical (unpaired) electrons. The molecule has 1 aliphatic heterocycles. The van der Waals surface area contributed by atoms with E-state index >= 15 is 0 Å². The number of piperidine rings is 1. The van der Waals surface area contributed by atoms with Crippen molar-refractivity contribution in [3.05, 3.63) is 30.1 Å². The van der Waals surface area contributed by atoms with E-state index in [2.05, 4.69) is 10.5 Å². The molecule has 1 aromatic carbocycles. The number of rotatable bonds is 3. The Morgan fingerprint density at radius 2 is 2.30 bits per heavy atom. The minimum atomic E-state index is -0.442. The van der Waals surface area contributed by atoms with E-state index in [1.54, 1.807) is 12.1 Å². The third-order valence-corrected chi connectivity index (χ3v) is 3.43. The van der Waals surface area contributed by atoms with Crippen LogP contribution in [-0.4, -0.2) is 41.4 Å². The molecule has 0 bridgehead atoms. The molecule has 0 saturated carbocycles. The predicted molar refractivity (Wildman–Crippen MR) is 74.5 cm³/mol. The fourth-order valence-corrected chi connectivity index (χ4v) is 2.35. The lowest BCUT2D eigenvalue weighted by Crippen LogP contribution is -2.43.